The number of rotatable bonds is 5. The van der Waals surface area contributed by atoms with Crippen LogP contribution in [0.3, 0.4) is 0 Å². The van der Waals surface area contributed by atoms with E-state index >= 15 is 0 Å². The smallest absolute Gasteiger partial charge is 0.321 e. The summed E-state index contributed by atoms with van der Waals surface area (Å²) in [5.41, 5.74) is 2.12. The van der Waals surface area contributed by atoms with Crippen LogP contribution in [-0.2, 0) is 4.79 Å². The van der Waals surface area contributed by atoms with Crippen LogP contribution >= 0.6 is 11.8 Å². The molecule has 7 nitrogen and oxygen atoms in total. The minimum atomic E-state index is -0.472. The number of aromatic nitrogens is 2. The van der Waals surface area contributed by atoms with Gasteiger partial charge in [-0.3, -0.25) is 19.5 Å². The third kappa shape index (κ3) is 4.96. The Morgan fingerprint density at radius 1 is 1.10 bits per heavy atom. The maximum absolute atomic E-state index is 13.2. The molecule has 1 saturated carbocycles. The first-order valence-corrected chi connectivity index (χ1v) is 11.3. The quantitative estimate of drug-likeness (QED) is 0.471. The number of hydrogen-bond donors (Lipinski definition) is 2. The highest BCUT2D eigenvalue weighted by Gasteiger charge is 2.19. The number of thioether (sulfide) groups is 1. The van der Waals surface area contributed by atoms with Gasteiger partial charge in [0.2, 0.25) is 5.91 Å². The lowest BCUT2D eigenvalue weighted by atomic mass is 10.2. The summed E-state index contributed by atoms with van der Waals surface area (Å²) in [5, 5.41) is 6.11. The van der Waals surface area contributed by atoms with Crippen molar-refractivity contribution in [2.45, 2.75) is 43.8 Å². The number of carbonyl (C=O) groups excluding carboxylic acids is 2. The number of imide groups is 1. The van der Waals surface area contributed by atoms with E-state index in [2.05, 4.69) is 15.6 Å². The van der Waals surface area contributed by atoms with Crippen LogP contribution in [0.25, 0.3) is 16.6 Å². The van der Waals surface area contributed by atoms with E-state index in [0.29, 0.717) is 21.7 Å². The zero-order valence-electron chi connectivity index (χ0n) is 17.3. The number of urea groups is 1. The van der Waals surface area contributed by atoms with Crippen LogP contribution in [0.1, 0.15) is 31.2 Å². The lowest BCUT2D eigenvalue weighted by molar-refractivity contribution is -0.117. The molecule has 0 aliphatic heterocycles. The number of nitrogens with zero attached hydrogens (tertiary/aromatic N) is 2. The molecule has 1 heterocycles. The summed E-state index contributed by atoms with van der Waals surface area (Å²) in [6.45, 7) is 1.97. The summed E-state index contributed by atoms with van der Waals surface area (Å²) in [6.07, 6.45) is 4.08. The standard InChI is InChI=1S/C23H24N4O3S/c1-15-10-12-17(13-11-15)27-21(29)18-8-4-5-9-19(18)25-23(27)31-14-20(28)26-22(30)24-16-6-2-3-7-16/h4-5,8-13,16H,2-3,6-7,14H2,1H3,(H2,24,26,28,30). The molecule has 0 spiro atoms. The largest absolute Gasteiger partial charge is 0.335 e. The molecule has 31 heavy (non-hydrogen) atoms. The second-order valence-corrected chi connectivity index (χ2v) is 8.62. The molecule has 3 amide bonds. The SMILES string of the molecule is Cc1ccc(-n2c(SCC(=O)NC(=O)NC3CCCC3)nc3ccccc3c2=O)cc1. The Balaban J connectivity index is 1.55. The first kappa shape index (κ1) is 21.1. The Hall–Kier alpha value is -3.13. The lowest BCUT2D eigenvalue weighted by Crippen LogP contribution is -2.44. The first-order chi connectivity index (χ1) is 15.0. The number of amides is 3. The fraction of sp³-hybridized carbons (Fsp3) is 0.304. The fourth-order valence-corrected chi connectivity index (χ4v) is 4.53. The van der Waals surface area contributed by atoms with Crippen LogP contribution in [0.5, 0.6) is 0 Å². The molecular formula is C23H24N4O3S. The summed E-state index contributed by atoms with van der Waals surface area (Å²) in [4.78, 5) is 42.2. The van der Waals surface area contributed by atoms with Crippen LogP contribution < -0.4 is 16.2 Å². The molecule has 0 unspecified atom stereocenters. The van der Waals surface area contributed by atoms with E-state index in [-0.39, 0.29) is 17.4 Å². The highest BCUT2D eigenvalue weighted by molar-refractivity contribution is 7.99. The summed E-state index contributed by atoms with van der Waals surface area (Å²) >= 11 is 1.13. The normalized spacial score (nSPS) is 14.0. The van der Waals surface area contributed by atoms with Crippen molar-refractivity contribution in [3.05, 3.63) is 64.4 Å². The minimum absolute atomic E-state index is 0.0330. The van der Waals surface area contributed by atoms with Gasteiger partial charge in [0, 0.05) is 6.04 Å². The summed E-state index contributed by atoms with van der Waals surface area (Å²) in [7, 11) is 0. The van der Waals surface area contributed by atoms with Gasteiger partial charge in [-0.05, 0) is 44.0 Å². The monoisotopic (exact) mass is 436 g/mol. The van der Waals surface area contributed by atoms with Gasteiger partial charge in [0.15, 0.2) is 5.16 Å². The molecule has 1 aliphatic carbocycles. The van der Waals surface area contributed by atoms with Crippen LogP contribution in [0.2, 0.25) is 0 Å². The molecule has 160 valence electrons. The van der Waals surface area contributed by atoms with Crippen molar-refractivity contribution >= 4 is 34.6 Å². The Morgan fingerprint density at radius 3 is 2.55 bits per heavy atom. The molecule has 0 bridgehead atoms. The van der Waals surface area contributed by atoms with Crippen molar-refractivity contribution in [3.8, 4) is 5.69 Å². The Morgan fingerprint density at radius 2 is 1.81 bits per heavy atom. The molecule has 3 aromatic rings. The molecule has 1 fully saturated rings. The van der Waals surface area contributed by atoms with Crippen molar-refractivity contribution in [2.24, 2.45) is 0 Å². The zero-order chi connectivity index (χ0) is 21.8. The highest BCUT2D eigenvalue weighted by atomic mass is 32.2. The van der Waals surface area contributed by atoms with Crippen molar-refractivity contribution < 1.29 is 9.59 Å². The summed E-state index contributed by atoms with van der Waals surface area (Å²) in [5.74, 6) is -0.465. The minimum Gasteiger partial charge on any atom is -0.335 e. The van der Waals surface area contributed by atoms with Crippen molar-refractivity contribution in [1.82, 2.24) is 20.2 Å². The van der Waals surface area contributed by atoms with Gasteiger partial charge in [-0.25, -0.2) is 9.78 Å². The molecule has 0 saturated heterocycles. The number of carbonyl (C=O) groups is 2. The van der Waals surface area contributed by atoms with Gasteiger partial charge in [-0.1, -0.05) is 54.4 Å². The van der Waals surface area contributed by atoms with Crippen molar-refractivity contribution in [3.63, 3.8) is 0 Å². The number of nitrogens with one attached hydrogen (secondary N) is 2. The third-order valence-electron chi connectivity index (χ3n) is 5.31. The summed E-state index contributed by atoms with van der Waals surface area (Å²) in [6, 6.07) is 14.3. The molecule has 1 aromatic heterocycles. The average Bonchev–Trinajstić information content (AvgIpc) is 3.26. The third-order valence-corrected chi connectivity index (χ3v) is 6.25. The van der Waals surface area contributed by atoms with Crippen LogP contribution in [0.4, 0.5) is 4.79 Å². The second-order valence-electron chi connectivity index (χ2n) is 7.68. The van der Waals surface area contributed by atoms with E-state index < -0.39 is 11.9 Å². The predicted molar refractivity (Wildman–Crippen MR) is 122 cm³/mol. The number of para-hydroxylation sites is 1. The molecule has 0 radical (unpaired) electrons. The summed E-state index contributed by atoms with van der Waals surface area (Å²) < 4.78 is 1.51. The highest BCUT2D eigenvalue weighted by Crippen LogP contribution is 2.21. The number of fused-ring (bicyclic) bond motifs is 1. The number of hydrogen-bond acceptors (Lipinski definition) is 5. The van der Waals surface area contributed by atoms with E-state index in [4.69, 9.17) is 0 Å². The Kier molecular flexibility index (Phi) is 6.36. The zero-order valence-corrected chi connectivity index (χ0v) is 18.1. The molecule has 8 heteroatoms. The number of aryl methyl sites for hydroxylation is 1. The first-order valence-electron chi connectivity index (χ1n) is 10.3. The molecule has 0 atom stereocenters. The van der Waals surface area contributed by atoms with Gasteiger partial charge in [0.05, 0.1) is 22.3 Å². The molecular weight excluding hydrogens is 412 g/mol. The van der Waals surface area contributed by atoms with Crippen molar-refractivity contribution in [1.29, 1.82) is 0 Å². The van der Waals surface area contributed by atoms with Gasteiger partial charge in [0.1, 0.15) is 0 Å². The van der Waals surface area contributed by atoms with Gasteiger partial charge in [-0.15, -0.1) is 0 Å². The predicted octanol–water partition coefficient (Wildman–Crippen LogP) is 3.55. The van der Waals surface area contributed by atoms with E-state index in [1.54, 1.807) is 18.2 Å². The van der Waals surface area contributed by atoms with E-state index in [1.807, 2.05) is 37.3 Å². The van der Waals surface area contributed by atoms with E-state index in [9.17, 15) is 14.4 Å². The van der Waals surface area contributed by atoms with Gasteiger partial charge >= 0.3 is 6.03 Å². The van der Waals surface area contributed by atoms with E-state index in [0.717, 1.165) is 43.0 Å². The average molecular weight is 437 g/mol. The van der Waals surface area contributed by atoms with Crippen LogP contribution in [0, 0.1) is 6.92 Å². The molecule has 2 N–H and O–H groups in total. The van der Waals surface area contributed by atoms with Crippen LogP contribution in [-0.4, -0.2) is 33.3 Å². The van der Waals surface area contributed by atoms with Gasteiger partial charge in [0.25, 0.3) is 5.56 Å². The second kappa shape index (κ2) is 9.34. The molecule has 2 aromatic carbocycles. The Bertz CT molecular complexity index is 1170. The molecule has 1 aliphatic rings. The fourth-order valence-electron chi connectivity index (χ4n) is 3.72. The number of benzene rings is 2. The van der Waals surface area contributed by atoms with Gasteiger partial charge in [-0.2, -0.15) is 0 Å². The lowest BCUT2D eigenvalue weighted by Gasteiger charge is -2.14. The molecule has 4 rings (SSSR count). The van der Waals surface area contributed by atoms with E-state index in [1.165, 1.54) is 4.57 Å². The van der Waals surface area contributed by atoms with Crippen LogP contribution in [0.15, 0.2) is 58.5 Å². The Labute approximate surface area is 184 Å². The topological polar surface area (TPSA) is 93.1 Å². The van der Waals surface area contributed by atoms with Gasteiger partial charge < -0.3 is 5.32 Å². The maximum Gasteiger partial charge on any atom is 0.321 e. The maximum atomic E-state index is 13.2. The van der Waals surface area contributed by atoms with Crippen molar-refractivity contribution in [2.75, 3.05) is 5.75 Å².